The smallest absolute Gasteiger partial charge is 0.239 e. The second-order valence-corrected chi connectivity index (χ2v) is 5.90. The molecule has 0 saturated heterocycles. The van der Waals surface area contributed by atoms with Crippen LogP contribution in [-0.4, -0.2) is 26.5 Å². The topological polar surface area (TPSA) is 111 Å². The van der Waals surface area contributed by atoms with Crippen LogP contribution in [0.4, 0.5) is 5.82 Å². The highest BCUT2D eigenvalue weighted by molar-refractivity contribution is 7.89. The zero-order chi connectivity index (χ0) is 13.6. The van der Waals surface area contributed by atoms with Crippen molar-refractivity contribution >= 4 is 15.8 Å². The lowest BCUT2D eigenvalue weighted by atomic mass is 10.1. The molecule has 5 N–H and O–H groups in total. The third kappa shape index (κ3) is 4.99. The van der Waals surface area contributed by atoms with Crippen LogP contribution >= 0.6 is 0 Å². The number of pyridine rings is 1. The molecule has 0 fully saturated rings. The third-order valence-corrected chi connectivity index (χ3v) is 3.55. The Balaban J connectivity index is 2.40. The Morgan fingerprint density at radius 3 is 2.67 bits per heavy atom. The van der Waals surface area contributed by atoms with Gasteiger partial charge in [0.1, 0.15) is 10.7 Å². The molecule has 18 heavy (non-hydrogen) atoms. The van der Waals surface area contributed by atoms with Gasteiger partial charge in [-0.3, -0.25) is 0 Å². The second-order valence-electron chi connectivity index (χ2n) is 4.33. The van der Waals surface area contributed by atoms with Gasteiger partial charge in [-0.1, -0.05) is 6.92 Å². The van der Waals surface area contributed by atoms with Gasteiger partial charge < -0.3 is 11.1 Å². The number of rotatable bonds is 7. The molecule has 0 bridgehead atoms. The lowest BCUT2D eigenvalue weighted by molar-refractivity contribution is 0.529. The molecule has 0 spiro atoms. The van der Waals surface area contributed by atoms with Crippen LogP contribution in [0.15, 0.2) is 23.2 Å². The Labute approximate surface area is 108 Å². The first-order valence-corrected chi connectivity index (χ1v) is 7.41. The van der Waals surface area contributed by atoms with E-state index in [1.165, 1.54) is 12.3 Å². The number of nitrogens with two attached hydrogens (primary N) is 2. The van der Waals surface area contributed by atoms with Gasteiger partial charge >= 0.3 is 0 Å². The Bertz CT molecular complexity index is 458. The van der Waals surface area contributed by atoms with E-state index in [1.807, 2.05) is 0 Å². The molecule has 0 aromatic carbocycles. The predicted octanol–water partition coefficient (Wildman–Crippen LogP) is 0.516. The number of hydrogen-bond acceptors (Lipinski definition) is 5. The first kappa shape index (κ1) is 14.9. The summed E-state index contributed by atoms with van der Waals surface area (Å²) in [5.41, 5.74) is 5.52. The van der Waals surface area contributed by atoms with Gasteiger partial charge in [-0.2, -0.15) is 0 Å². The Morgan fingerprint density at radius 1 is 1.44 bits per heavy atom. The summed E-state index contributed by atoms with van der Waals surface area (Å²) < 4.78 is 22.0. The van der Waals surface area contributed by atoms with Gasteiger partial charge in [-0.05, 0) is 37.4 Å². The van der Waals surface area contributed by atoms with Crippen LogP contribution in [0.5, 0.6) is 0 Å². The molecule has 0 amide bonds. The summed E-state index contributed by atoms with van der Waals surface area (Å²) in [6, 6.07) is 3.04. The molecule has 1 heterocycles. The molecule has 1 atom stereocenters. The van der Waals surface area contributed by atoms with Crippen molar-refractivity contribution in [2.75, 3.05) is 18.4 Å². The van der Waals surface area contributed by atoms with Gasteiger partial charge in [0.05, 0.1) is 0 Å². The minimum atomic E-state index is -3.66. The highest BCUT2D eigenvalue weighted by atomic mass is 32.2. The van der Waals surface area contributed by atoms with Crippen LogP contribution in [0.2, 0.25) is 0 Å². The third-order valence-electron chi connectivity index (χ3n) is 2.65. The molecule has 7 heteroatoms. The molecule has 102 valence electrons. The normalized spacial score (nSPS) is 13.3. The van der Waals surface area contributed by atoms with Gasteiger partial charge in [0.25, 0.3) is 0 Å². The van der Waals surface area contributed by atoms with E-state index in [9.17, 15) is 8.42 Å². The van der Waals surface area contributed by atoms with Gasteiger partial charge in [-0.25, -0.2) is 18.5 Å². The molecule has 1 rings (SSSR count). The highest BCUT2D eigenvalue weighted by Gasteiger charge is 2.07. The highest BCUT2D eigenvalue weighted by Crippen LogP contribution is 2.09. The van der Waals surface area contributed by atoms with Crippen molar-refractivity contribution < 1.29 is 8.42 Å². The van der Waals surface area contributed by atoms with E-state index in [0.29, 0.717) is 18.3 Å². The lowest BCUT2D eigenvalue weighted by Crippen LogP contribution is -2.14. The van der Waals surface area contributed by atoms with Crippen molar-refractivity contribution in [3.63, 3.8) is 0 Å². The van der Waals surface area contributed by atoms with Crippen LogP contribution in [0, 0.1) is 5.92 Å². The maximum Gasteiger partial charge on any atom is 0.239 e. The van der Waals surface area contributed by atoms with Crippen molar-refractivity contribution in [3.05, 3.63) is 18.3 Å². The fraction of sp³-hybridized carbons (Fsp3) is 0.545. The van der Waals surface area contributed by atoms with Crippen LogP contribution < -0.4 is 16.2 Å². The summed E-state index contributed by atoms with van der Waals surface area (Å²) >= 11 is 0. The van der Waals surface area contributed by atoms with Crippen molar-refractivity contribution in [1.82, 2.24) is 4.98 Å². The fourth-order valence-corrected chi connectivity index (χ4v) is 1.90. The number of hydrogen-bond donors (Lipinski definition) is 3. The lowest BCUT2D eigenvalue weighted by Gasteiger charge is -2.09. The van der Waals surface area contributed by atoms with E-state index in [2.05, 4.69) is 17.2 Å². The van der Waals surface area contributed by atoms with Gasteiger partial charge in [-0.15, -0.1) is 0 Å². The first-order valence-electron chi connectivity index (χ1n) is 5.86. The molecule has 1 unspecified atom stereocenters. The SMILES string of the molecule is CC(CN)CCCNc1ccc(S(N)(=O)=O)cn1. The Hall–Kier alpha value is -1.18. The largest absolute Gasteiger partial charge is 0.370 e. The van der Waals surface area contributed by atoms with Gasteiger partial charge in [0, 0.05) is 12.7 Å². The predicted molar refractivity (Wildman–Crippen MR) is 71.6 cm³/mol. The van der Waals surface area contributed by atoms with Crippen LogP contribution in [-0.2, 0) is 10.0 Å². The summed E-state index contributed by atoms with van der Waals surface area (Å²) in [6.45, 7) is 3.59. The van der Waals surface area contributed by atoms with Crippen LogP contribution in [0.1, 0.15) is 19.8 Å². The molecule has 0 aliphatic carbocycles. The Kier molecular flexibility index (Phi) is 5.52. The summed E-state index contributed by atoms with van der Waals surface area (Å²) in [5, 5.41) is 8.09. The van der Waals surface area contributed by atoms with E-state index in [-0.39, 0.29) is 4.90 Å². The van der Waals surface area contributed by atoms with Gasteiger partial charge in [0.2, 0.25) is 10.0 Å². The maximum atomic E-state index is 11.0. The molecule has 1 aromatic heterocycles. The molecular weight excluding hydrogens is 252 g/mol. The van der Waals surface area contributed by atoms with Crippen molar-refractivity contribution in [1.29, 1.82) is 0 Å². The summed E-state index contributed by atoms with van der Waals surface area (Å²) in [7, 11) is -3.66. The number of nitrogens with one attached hydrogen (secondary N) is 1. The summed E-state index contributed by atoms with van der Waals surface area (Å²) in [6.07, 6.45) is 3.30. The number of nitrogens with zero attached hydrogens (tertiary/aromatic N) is 1. The summed E-state index contributed by atoms with van der Waals surface area (Å²) in [5.74, 6) is 1.16. The molecule has 1 aromatic rings. The number of anilines is 1. The zero-order valence-corrected chi connectivity index (χ0v) is 11.3. The molecule has 0 saturated carbocycles. The number of primary sulfonamides is 1. The summed E-state index contributed by atoms with van der Waals surface area (Å²) in [4.78, 5) is 4.01. The molecule has 6 nitrogen and oxygen atoms in total. The van der Waals surface area contributed by atoms with E-state index in [1.54, 1.807) is 6.07 Å². The fourth-order valence-electron chi connectivity index (χ4n) is 1.44. The zero-order valence-electron chi connectivity index (χ0n) is 10.5. The van der Waals surface area contributed by atoms with Crippen LogP contribution in [0.25, 0.3) is 0 Å². The van der Waals surface area contributed by atoms with Crippen LogP contribution in [0.3, 0.4) is 0 Å². The minimum Gasteiger partial charge on any atom is -0.370 e. The molecule has 0 radical (unpaired) electrons. The van der Waals surface area contributed by atoms with Crippen molar-refractivity contribution in [3.8, 4) is 0 Å². The quantitative estimate of drug-likeness (QED) is 0.626. The first-order chi connectivity index (χ1) is 8.43. The van der Waals surface area contributed by atoms with E-state index < -0.39 is 10.0 Å². The number of aromatic nitrogens is 1. The monoisotopic (exact) mass is 272 g/mol. The van der Waals surface area contributed by atoms with Crippen molar-refractivity contribution in [2.24, 2.45) is 16.8 Å². The van der Waals surface area contributed by atoms with E-state index >= 15 is 0 Å². The standard InChI is InChI=1S/C11H20N4O2S/c1-9(7-12)3-2-6-14-11-5-4-10(8-15-11)18(13,16)17/h4-5,8-9H,2-3,6-7,12H2,1H3,(H,14,15)(H2,13,16,17). The van der Waals surface area contributed by atoms with E-state index in [0.717, 1.165) is 19.4 Å². The second kappa shape index (κ2) is 6.67. The van der Waals surface area contributed by atoms with E-state index in [4.69, 9.17) is 10.9 Å². The number of sulfonamides is 1. The van der Waals surface area contributed by atoms with Crippen molar-refractivity contribution in [2.45, 2.75) is 24.7 Å². The minimum absolute atomic E-state index is 0.0183. The van der Waals surface area contributed by atoms with Gasteiger partial charge in [0.15, 0.2) is 0 Å². The molecule has 0 aliphatic rings. The molecule has 0 aliphatic heterocycles. The average Bonchev–Trinajstić information content (AvgIpc) is 2.33. The molecular formula is C11H20N4O2S. The average molecular weight is 272 g/mol. The maximum absolute atomic E-state index is 11.0. The Morgan fingerprint density at radius 2 is 2.17 bits per heavy atom.